The molecular formula is C23H27N3O2. The van der Waals surface area contributed by atoms with E-state index >= 15 is 0 Å². The molecule has 1 heterocycles. The monoisotopic (exact) mass is 377 g/mol. The maximum atomic E-state index is 11.4. The fraction of sp³-hybridized carbons (Fsp3) is 0.304. The molecule has 0 saturated heterocycles. The lowest BCUT2D eigenvalue weighted by Crippen LogP contribution is -2.24. The van der Waals surface area contributed by atoms with Gasteiger partial charge in [0.25, 0.3) is 0 Å². The van der Waals surface area contributed by atoms with Gasteiger partial charge in [-0.2, -0.15) is 0 Å². The number of para-hydroxylation sites is 2. The van der Waals surface area contributed by atoms with Crippen molar-refractivity contribution in [2.75, 3.05) is 13.2 Å². The largest absolute Gasteiger partial charge is 0.494 e. The summed E-state index contributed by atoms with van der Waals surface area (Å²) >= 11 is 0. The second kappa shape index (κ2) is 9.74. The number of imidazole rings is 1. The Morgan fingerprint density at radius 2 is 2.00 bits per heavy atom. The van der Waals surface area contributed by atoms with Crippen LogP contribution in [-0.4, -0.2) is 28.6 Å². The van der Waals surface area contributed by atoms with E-state index in [0.717, 1.165) is 42.0 Å². The number of ether oxygens (including phenoxy) is 1. The Kier molecular flexibility index (Phi) is 6.84. The van der Waals surface area contributed by atoms with Crippen LogP contribution >= 0.6 is 0 Å². The third-order valence-corrected chi connectivity index (χ3v) is 4.69. The van der Waals surface area contributed by atoms with Gasteiger partial charge in [-0.1, -0.05) is 37.8 Å². The number of nitrogens with zero attached hydrogens (tertiary/aromatic N) is 2. The molecule has 5 nitrogen and oxygen atoms in total. The molecule has 3 rings (SSSR count). The van der Waals surface area contributed by atoms with Crippen LogP contribution in [0.2, 0.25) is 0 Å². The van der Waals surface area contributed by atoms with Crippen LogP contribution in [0.4, 0.5) is 0 Å². The van der Waals surface area contributed by atoms with Crippen LogP contribution in [0.5, 0.6) is 5.75 Å². The second-order valence-corrected chi connectivity index (χ2v) is 6.61. The van der Waals surface area contributed by atoms with Crippen molar-refractivity contribution in [3.63, 3.8) is 0 Å². The summed E-state index contributed by atoms with van der Waals surface area (Å²) in [5.74, 6) is 1.71. The van der Waals surface area contributed by atoms with Gasteiger partial charge in [-0.25, -0.2) is 4.98 Å². The Morgan fingerprint density at radius 3 is 2.75 bits per heavy atom. The van der Waals surface area contributed by atoms with E-state index in [1.807, 2.05) is 30.3 Å². The highest BCUT2D eigenvalue weighted by atomic mass is 16.5. The van der Waals surface area contributed by atoms with Gasteiger partial charge in [0.05, 0.1) is 17.6 Å². The molecule has 5 heteroatoms. The minimum absolute atomic E-state index is 0.162. The van der Waals surface area contributed by atoms with E-state index in [4.69, 9.17) is 9.72 Å². The van der Waals surface area contributed by atoms with Gasteiger partial charge in [0.15, 0.2) is 0 Å². The lowest BCUT2D eigenvalue weighted by molar-refractivity contribution is -0.116. The highest BCUT2D eigenvalue weighted by Crippen LogP contribution is 2.18. The molecule has 0 radical (unpaired) electrons. The standard InChI is InChI=1S/C23H27N3O2/c1-3-18-10-12-19(13-11-18)28-17-7-16-26-21-9-6-5-8-20(21)25-22(26)14-15-24-23(27)4-2/h4-6,8-13H,2-3,7,14-17H2,1H3,(H,24,27). The number of hydrogen-bond donors (Lipinski definition) is 1. The van der Waals surface area contributed by atoms with E-state index in [2.05, 4.69) is 41.6 Å². The number of benzene rings is 2. The molecular weight excluding hydrogens is 350 g/mol. The number of carbonyl (C=O) groups is 1. The Bertz CT molecular complexity index is 929. The van der Waals surface area contributed by atoms with Crippen molar-refractivity contribution in [2.24, 2.45) is 0 Å². The van der Waals surface area contributed by atoms with Crippen LogP contribution in [0.1, 0.15) is 24.7 Å². The summed E-state index contributed by atoms with van der Waals surface area (Å²) in [6, 6.07) is 16.4. The minimum atomic E-state index is -0.162. The molecule has 28 heavy (non-hydrogen) atoms. The molecule has 0 spiro atoms. The normalized spacial score (nSPS) is 10.8. The lowest BCUT2D eigenvalue weighted by atomic mass is 10.2. The topological polar surface area (TPSA) is 56.2 Å². The number of fused-ring (bicyclic) bond motifs is 1. The molecule has 3 aromatic rings. The molecule has 0 unspecified atom stereocenters. The van der Waals surface area contributed by atoms with Gasteiger partial charge in [-0.3, -0.25) is 4.79 Å². The Labute approximate surface area is 166 Å². The average molecular weight is 377 g/mol. The van der Waals surface area contributed by atoms with E-state index in [0.29, 0.717) is 19.6 Å². The van der Waals surface area contributed by atoms with Crippen molar-refractivity contribution in [2.45, 2.75) is 32.7 Å². The third-order valence-electron chi connectivity index (χ3n) is 4.69. The fourth-order valence-corrected chi connectivity index (χ4v) is 3.17. The molecule has 146 valence electrons. The number of amides is 1. The van der Waals surface area contributed by atoms with Crippen LogP contribution in [0.3, 0.4) is 0 Å². The van der Waals surface area contributed by atoms with Crippen molar-refractivity contribution < 1.29 is 9.53 Å². The molecule has 0 atom stereocenters. The Hall–Kier alpha value is -3.08. The van der Waals surface area contributed by atoms with Crippen molar-refractivity contribution in [3.8, 4) is 5.75 Å². The average Bonchev–Trinajstić information content (AvgIpc) is 3.09. The van der Waals surface area contributed by atoms with Crippen molar-refractivity contribution in [3.05, 3.63) is 72.6 Å². The first-order chi connectivity index (χ1) is 13.7. The first-order valence-corrected chi connectivity index (χ1v) is 9.77. The number of hydrogen-bond acceptors (Lipinski definition) is 3. The molecule has 0 aliphatic heterocycles. The predicted octanol–water partition coefficient (Wildman–Crippen LogP) is 3.91. The van der Waals surface area contributed by atoms with Crippen molar-refractivity contribution in [1.29, 1.82) is 0 Å². The van der Waals surface area contributed by atoms with Crippen LogP contribution in [0.25, 0.3) is 11.0 Å². The van der Waals surface area contributed by atoms with E-state index in [1.165, 1.54) is 11.6 Å². The van der Waals surface area contributed by atoms with Crippen molar-refractivity contribution in [1.82, 2.24) is 14.9 Å². The summed E-state index contributed by atoms with van der Waals surface area (Å²) in [5.41, 5.74) is 3.40. The second-order valence-electron chi connectivity index (χ2n) is 6.61. The zero-order valence-electron chi connectivity index (χ0n) is 16.4. The van der Waals surface area contributed by atoms with Crippen LogP contribution in [0.15, 0.2) is 61.2 Å². The zero-order chi connectivity index (χ0) is 19.8. The van der Waals surface area contributed by atoms with Gasteiger partial charge in [0.1, 0.15) is 11.6 Å². The number of aryl methyl sites for hydroxylation is 2. The summed E-state index contributed by atoms with van der Waals surface area (Å²) in [6.07, 6.45) is 3.87. The molecule has 0 bridgehead atoms. The van der Waals surface area contributed by atoms with Gasteiger partial charge in [-0.15, -0.1) is 0 Å². The summed E-state index contributed by atoms with van der Waals surface area (Å²) < 4.78 is 8.10. The molecule has 1 amide bonds. The first kappa shape index (κ1) is 19.7. The fourth-order valence-electron chi connectivity index (χ4n) is 3.17. The smallest absolute Gasteiger partial charge is 0.243 e. The summed E-state index contributed by atoms with van der Waals surface area (Å²) in [5, 5.41) is 2.82. The zero-order valence-corrected chi connectivity index (χ0v) is 16.4. The van der Waals surface area contributed by atoms with Crippen molar-refractivity contribution >= 4 is 16.9 Å². The van der Waals surface area contributed by atoms with E-state index in [-0.39, 0.29) is 5.91 Å². The summed E-state index contributed by atoms with van der Waals surface area (Å²) in [4.78, 5) is 16.1. The molecule has 1 N–H and O–H groups in total. The number of aromatic nitrogens is 2. The van der Waals surface area contributed by atoms with E-state index < -0.39 is 0 Å². The maximum Gasteiger partial charge on any atom is 0.243 e. The SMILES string of the molecule is C=CC(=O)NCCc1nc2ccccc2n1CCCOc1ccc(CC)cc1. The van der Waals surface area contributed by atoms with E-state index in [1.54, 1.807) is 0 Å². The molecule has 0 aliphatic rings. The molecule has 1 aromatic heterocycles. The van der Waals surface area contributed by atoms with Crippen LogP contribution in [-0.2, 0) is 24.2 Å². The van der Waals surface area contributed by atoms with Gasteiger partial charge < -0.3 is 14.6 Å². The highest BCUT2D eigenvalue weighted by molar-refractivity contribution is 5.86. The van der Waals surface area contributed by atoms with Crippen LogP contribution in [0, 0.1) is 0 Å². The van der Waals surface area contributed by atoms with Crippen LogP contribution < -0.4 is 10.1 Å². The van der Waals surface area contributed by atoms with E-state index in [9.17, 15) is 4.79 Å². The Morgan fingerprint density at radius 1 is 1.21 bits per heavy atom. The molecule has 0 saturated carbocycles. The predicted molar refractivity (Wildman–Crippen MR) is 113 cm³/mol. The van der Waals surface area contributed by atoms with Gasteiger partial charge in [0, 0.05) is 19.5 Å². The van der Waals surface area contributed by atoms with Gasteiger partial charge >= 0.3 is 0 Å². The number of carbonyl (C=O) groups excluding carboxylic acids is 1. The minimum Gasteiger partial charge on any atom is -0.494 e. The quantitative estimate of drug-likeness (QED) is 0.430. The number of nitrogens with one attached hydrogen (secondary N) is 1. The summed E-state index contributed by atoms with van der Waals surface area (Å²) in [6.45, 7) is 7.62. The first-order valence-electron chi connectivity index (χ1n) is 9.77. The molecule has 0 aliphatic carbocycles. The highest BCUT2D eigenvalue weighted by Gasteiger charge is 2.10. The van der Waals surface area contributed by atoms with Gasteiger partial charge in [0.2, 0.25) is 5.91 Å². The third kappa shape index (κ3) is 5.00. The lowest BCUT2D eigenvalue weighted by Gasteiger charge is -2.11. The molecule has 0 fully saturated rings. The Balaban J connectivity index is 1.60. The maximum absolute atomic E-state index is 11.4. The summed E-state index contributed by atoms with van der Waals surface area (Å²) in [7, 11) is 0. The molecule has 2 aromatic carbocycles. The number of rotatable bonds is 10. The van der Waals surface area contributed by atoms with Gasteiger partial charge in [-0.05, 0) is 48.7 Å².